The third-order valence-corrected chi connectivity index (χ3v) is 5.44. The smallest absolute Gasteiger partial charge is 0.249 e. The number of amides is 1. The van der Waals surface area contributed by atoms with Gasteiger partial charge in [-0.15, -0.1) is 0 Å². The fourth-order valence-electron chi connectivity index (χ4n) is 4.21. The topological polar surface area (TPSA) is 51.7 Å². The predicted octanol–water partition coefficient (Wildman–Crippen LogP) is 2.78. The lowest BCUT2D eigenvalue weighted by Crippen LogP contribution is -2.44. The fourth-order valence-corrected chi connectivity index (χ4v) is 4.21. The zero-order valence-corrected chi connectivity index (χ0v) is 14.8. The van der Waals surface area contributed by atoms with Crippen molar-refractivity contribution in [3.63, 3.8) is 0 Å². The molecule has 4 rings (SSSR count). The van der Waals surface area contributed by atoms with Gasteiger partial charge in [0.1, 0.15) is 12.2 Å². The third kappa shape index (κ3) is 3.48. The molecule has 0 spiro atoms. The monoisotopic (exact) mass is 342 g/mol. The number of carbonyl (C=O) groups is 1. The Bertz CT molecular complexity index is 673. The minimum Gasteiger partial charge on any atom is -0.373 e. The number of likely N-dealkylation sites (tertiary alicyclic amines) is 1. The molecule has 1 aromatic rings. The molecule has 134 valence electrons. The van der Waals surface area contributed by atoms with Gasteiger partial charge in [0.25, 0.3) is 0 Å². The standard InChI is InChI=1S/C20H26N2O3/c1-14-6-4-9-16(21-14)13-25-18-12-22(17-10-5-11-24-19(17)18)20(23)15-7-2-3-8-15/h4,6-7,9,17-19H,2-3,5,8,10-13H2,1H3/t17-,18+,19+/m1/s1. The molecular formula is C20H26N2O3. The predicted molar refractivity (Wildman–Crippen MR) is 94.0 cm³/mol. The van der Waals surface area contributed by atoms with E-state index in [0.29, 0.717) is 13.2 Å². The Morgan fingerprint density at radius 3 is 3.12 bits per heavy atom. The molecule has 1 amide bonds. The number of rotatable bonds is 4. The van der Waals surface area contributed by atoms with Crippen molar-refractivity contribution in [1.29, 1.82) is 0 Å². The van der Waals surface area contributed by atoms with Crippen LogP contribution in [0.5, 0.6) is 0 Å². The highest BCUT2D eigenvalue weighted by Gasteiger charge is 2.47. The van der Waals surface area contributed by atoms with Crippen LogP contribution in [0.25, 0.3) is 0 Å². The molecule has 2 aliphatic heterocycles. The van der Waals surface area contributed by atoms with E-state index in [2.05, 4.69) is 11.1 Å². The summed E-state index contributed by atoms with van der Waals surface area (Å²) in [6.45, 7) is 3.82. The minimum atomic E-state index is -0.0708. The quantitative estimate of drug-likeness (QED) is 0.844. The lowest BCUT2D eigenvalue weighted by molar-refractivity contribution is -0.130. The molecule has 1 aliphatic carbocycles. The molecule has 0 saturated carbocycles. The van der Waals surface area contributed by atoms with Crippen LogP contribution in [-0.2, 0) is 20.9 Å². The van der Waals surface area contributed by atoms with Crippen LogP contribution in [0.2, 0.25) is 0 Å². The van der Waals surface area contributed by atoms with E-state index in [-0.39, 0.29) is 24.2 Å². The number of carbonyl (C=O) groups excluding carboxylic acids is 1. The number of hydrogen-bond acceptors (Lipinski definition) is 4. The van der Waals surface area contributed by atoms with E-state index in [0.717, 1.165) is 55.7 Å². The molecule has 25 heavy (non-hydrogen) atoms. The summed E-state index contributed by atoms with van der Waals surface area (Å²) in [5.41, 5.74) is 2.89. The van der Waals surface area contributed by atoms with Crippen molar-refractivity contribution >= 4 is 5.91 Å². The van der Waals surface area contributed by atoms with Gasteiger partial charge in [-0.2, -0.15) is 0 Å². The van der Waals surface area contributed by atoms with Crippen LogP contribution in [0, 0.1) is 6.92 Å². The van der Waals surface area contributed by atoms with Crippen LogP contribution in [0.3, 0.4) is 0 Å². The summed E-state index contributed by atoms with van der Waals surface area (Å²) < 4.78 is 12.2. The fraction of sp³-hybridized carbons (Fsp3) is 0.600. The maximum absolute atomic E-state index is 12.9. The van der Waals surface area contributed by atoms with E-state index in [1.165, 1.54) is 0 Å². The number of hydrogen-bond donors (Lipinski definition) is 0. The van der Waals surface area contributed by atoms with Crippen molar-refractivity contribution < 1.29 is 14.3 Å². The maximum atomic E-state index is 12.9. The summed E-state index contributed by atoms with van der Waals surface area (Å²) in [6.07, 6.45) is 7.07. The minimum absolute atomic E-state index is 0.00971. The van der Waals surface area contributed by atoms with Gasteiger partial charge in [0.2, 0.25) is 5.91 Å². The molecule has 2 fully saturated rings. The molecule has 3 aliphatic rings. The molecule has 0 aromatic carbocycles. The van der Waals surface area contributed by atoms with Crippen molar-refractivity contribution in [3.8, 4) is 0 Å². The van der Waals surface area contributed by atoms with Gasteiger partial charge in [-0.25, -0.2) is 0 Å². The van der Waals surface area contributed by atoms with Gasteiger partial charge in [-0.1, -0.05) is 12.1 Å². The van der Waals surface area contributed by atoms with Crippen LogP contribution in [0.4, 0.5) is 0 Å². The molecule has 3 atom stereocenters. The SMILES string of the molecule is Cc1cccc(CO[C@H]2CN(C(=O)C3=CCCC3)[C@@H]3CCCO[C@H]23)n1. The van der Waals surface area contributed by atoms with Gasteiger partial charge in [-0.05, 0) is 51.2 Å². The van der Waals surface area contributed by atoms with Gasteiger partial charge in [0, 0.05) is 17.9 Å². The van der Waals surface area contributed by atoms with Crippen molar-refractivity contribution in [1.82, 2.24) is 9.88 Å². The van der Waals surface area contributed by atoms with Crippen molar-refractivity contribution in [2.24, 2.45) is 0 Å². The molecule has 5 nitrogen and oxygen atoms in total. The average molecular weight is 342 g/mol. The first kappa shape index (κ1) is 16.7. The van der Waals surface area contributed by atoms with Gasteiger partial charge >= 0.3 is 0 Å². The Kier molecular flexibility index (Phi) is 4.86. The molecule has 0 unspecified atom stereocenters. The second-order valence-electron chi connectivity index (χ2n) is 7.24. The lowest BCUT2D eigenvalue weighted by Gasteiger charge is -2.32. The molecule has 5 heteroatoms. The number of allylic oxidation sites excluding steroid dienone is 1. The van der Waals surface area contributed by atoms with Gasteiger partial charge in [-0.3, -0.25) is 9.78 Å². The highest BCUT2D eigenvalue weighted by atomic mass is 16.5. The summed E-state index contributed by atoms with van der Waals surface area (Å²) in [5, 5.41) is 0. The van der Waals surface area contributed by atoms with Gasteiger partial charge in [0.05, 0.1) is 24.9 Å². The van der Waals surface area contributed by atoms with Gasteiger partial charge in [0.15, 0.2) is 0 Å². The Hall–Kier alpha value is -1.72. The summed E-state index contributed by atoms with van der Waals surface area (Å²) in [6, 6.07) is 6.11. The number of aromatic nitrogens is 1. The summed E-state index contributed by atoms with van der Waals surface area (Å²) >= 11 is 0. The van der Waals surface area contributed by atoms with E-state index in [4.69, 9.17) is 9.47 Å². The van der Waals surface area contributed by atoms with Crippen LogP contribution in [-0.4, -0.2) is 47.2 Å². The van der Waals surface area contributed by atoms with E-state index in [1.807, 2.05) is 30.0 Å². The molecule has 2 saturated heterocycles. The molecule has 0 N–H and O–H groups in total. The number of nitrogens with zero attached hydrogens (tertiary/aromatic N) is 2. The Morgan fingerprint density at radius 2 is 2.32 bits per heavy atom. The normalized spacial score (nSPS) is 28.8. The molecule has 3 heterocycles. The first-order chi connectivity index (χ1) is 12.2. The summed E-state index contributed by atoms with van der Waals surface area (Å²) in [7, 11) is 0. The van der Waals surface area contributed by atoms with E-state index < -0.39 is 0 Å². The Labute approximate surface area is 149 Å². The molecule has 0 bridgehead atoms. The lowest BCUT2D eigenvalue weighted by atomic mass is 10.0. The largest absolute Gasteiger partial charge is 0.373 e. The average Bonchev–Trinajstić information content (AvgIpc) is 3.28. The second kappa shape index (κ2) is 7.26. The number of ether oxygens (including phenoxy) is 2. The molecule has 0 radical (unpaired) electrons. The number of pyridine rings is 1. The highest BCUT2D eigenvalue weighted by molar-refractivity contribution is 5.94. The highest BCUT2D eigenvalue weighted by Crippen LogP contribution is 2.33. The van der Waals surface area contributed by atoms with Crippen LogP contribution >= 0.6 is 0 Å². The Morgan fingerprint density at radius 1 is 1.40 bits per heavy atom. The van der Waals surface area contributed by atoms with Crippen LogP contribution < -0.4 is 0 Å². The van der Waals surface area contributed by atoms with E-state index in [1.54, 1.807) is 0 Å². The number of aryl methyl sites for hydroxylation is 1. The zero-order chi connectivity index (χ0) is 17.2. The summed E-state index contributed by atoms with van der Waals surface area (Å²) in [5.74, 6) is 0.192. The first-order valence-electron chi connectivity index (χ1n) is 9.38. The Balaban J connectivity index is 1.45. The van der Waals surface area contributed by atoms with E-state index >= 15 is 0 Å². The van der Waals surface area contributed by atoms with Gasteiger partial charge < -0.3 is 14.4 Å². The molecule has 1 aromatic heterocycles. The van der Waals surface area contributed by atoms with Crippen molar-refractivity contribution in [3.05, 3.63) is 41.2 Å². The number of fused-ring (bicyclic) bond motifs is 1. The first-order valence-corrected chi connectivity index (χ1v) is 9.38. The second-order valence-corrected chi connectivity index (χ2v) is 7.24. The summed E-state index contributed by atoms with van der Waals surface area (Å²) in [4.78, 5) is 19.4. The van der Waals surface area contributed by atoms with Crippen LogP contribution in [0.15, 0.2) is 29.8 Å². The molecular weight excluding hydrogens is 316 g/mol. The van der Waals surface area contributed by atoms with Crippen molar-refractivity contribution in [2.75, 3.05) is 13.2 Å². The van der Waals surface area contributed by atoms with Crippen molar-refractivity contribution in [2.45, 2.75) is 63.9 Å². The zero-order valence-electron chi connectivity index (χ0n) is 14.8. The van der Waals surface area contributed by atoms with Crippen LogP contribution in [0.1, 0.15) is 43.5 Å². The van der Waals surface area contributed by atoms with E-state index in [9.17, 15) is 4.79 Å². The maximum Gasteiger partial charge on any atom is 0.249 e. The third-order valence-electron chi connectivity index (χ3n) is 5.44.